The molecule has 1 aromatic carbocycles. The molecule has 0 unspecified atom stereocenters. The molecule has 6 nitrogen and oxygen atoms in total. The number of carbonyl (C=O) groups is 2. The first-order chi connectivity index (χ1) is 11.1. The Morgan fingerprint density at radius 2 is 1.91 bits per heavy atom. The Balaban J connectivity index is 1.69. The number of rotatable bonds is 5. The fourth-order valence-electron chi connectivity index (χ4n) is 2.66. The summed E-state index contributed by atoms with van der Waals surface area (Å²) in [6.07, 6.45) is 0.859. The van der Waals surface area contributed by atoms with Crippen molar-refractivity contribution in [3.8, 4) is 0 Å². The van der Waals surface area contributed by atoms with E-state index in [4.69, 9.17) is 4.74 Å². The highest BCUT2D eigenvalue weighted by atomic mass is 16.5. The molecule has 0 bridgehead atoms. The summed E-state index contributed by atoms with van der Waals surface area (Å²) in [5.41, 5.74) is 2.74. The molecule has 2 rings (SSSR count). The molecule has 1 aromatic rings. The lowest BCUT2D eigenvalue weighted by molar-refractivity contribution is -0.908. The molecule has 1 fully saturated rings. The highest BCUT2D eigenvalue weighted by molar-refractivity contribution is 6.39. The second-order valence-electron chi connectivity index (χ2n) is 5.99. The van der Waals surface area contributed by atoms with E-state index in [1.54, 1.807) is 0 Å². The van der Waals surface area contributed by atoms with E-state index >= 15 is 0 Å². The maximum atomic E-state index is 11.9. The Morgan fingerprint density at radius 3 is 2.61 bits per heavy atom. The van der Waals surface area contributed by atoms with Gasteiger partial charge in [0.25, 0.3) is 0 Å². The average Bonchev–Trinajstić information content (AvgIpc) is 2.55. The maximum absolute atomic E-state index is 11.9. The van der Waals surface area contributed by atoms with Gasteiger partial charge in [-0.1, -0.05) is 17.7 Å². The molecule has 1 heterocycles. The fourth-order valence-corrected chi connectivity index (χ4v) is 2.66. The van der Waals surface area contributed by atoms with Crippen molar-refractivity contribution in [3.63, 3.8) is 0 Å². The van der Waals surface area contributed by atoms with E-state index in [2.05, 4.69) is 10.6 Å². The third-order valence-electron chi connectivity index (χ3n) is 4.03. The van der Waals surface area contributed by atoms with Gasteiger partial charge in [0, 0.05) is 18.7 Å². The Labute approximate surface area is 137 Å². The van der Waals surface area contributed by atoms with Gasteiger partial charge in [-0.2, -0.15) is 0 Å². The molecule has 0 atom stereocenters. The number of aryl methyl sites for hydroxylation is 2. The molecule has 1 saturated heterocycles. The van der Waals surface area contributed by atoms with Crippen LogP contribution in [0.15, 0.2) is 18.2 Å². The summed E-state index contributed by atoms with van der Waals surface area (Å²) in [5, 5.41) is 5.33. The number of morpholine rings is 1. The van der Waals surface area contributed by atoms with E-state index < -0.39 is 11.8 Å². The van der Waals surface area contributed by atoms with Crippen LogP contribution >= 0.6 is 0 Å². The molecule has 2 amide bonds. The third kappa shape index (κ3) is 5.65. The number of ether oxygens (including phenoxy) is 1. The largest absolute Gasteiger partial charge is 0.370 e. The quantitative estimate of drug-likeness (QED) is 0.514. The topological polar surface area (TPSA) is 71.9 Å². The lowest BCUT2D eigenvalue weighted by Crippen LogP contribution is -3.14. The smallest absolute Gasteiger partial charge is 0.313 e. The molecule has 0 spiro atoms. The summed E-state index contributed by atoms with van der Waals surface area (Å²) < 4.78 is 5.31. The zero-order chi connectivity index (χ0) is 16.7. The number of amides is 2. The number of nitrogens with one attached hydrogen (secondary N) is 3. The second-order valence-corrected chi connectivity index (χ2v) is 5.99. The molecular formula is C17H26N3O3+. The van der Waals surface area contributed by atoms with Crippen molar-refractivity contribution in [2.45, 2.75) is 20.3 Å². The summed E-state index contributed by atoms with van der Waals surface area (Å²) in [4.78, 5) is 25.2. The van der Waals surface area contributed by atoms with E-state index in [-0.39, 0.29) is 0 Å². The Bertz CT molecular complexity index is 554. The highest BCUT2D eigenvalue weighted by Gasteiger charge is 2.16. The van der Waals surface area contributed by atoms with Crippen LogP contribution in [0, 0.1) is 13.8 Å². The summed E-state index contributed by atoms with van der Waals surface area (Å²) in [6.45, 7) is 9.04. The SMILES string of the molecule is Cc1ccc(NC(=O)C(=O)NCCC[NH+]2CCOCC2)c(C)c1. The minimum atomic E-state index is -0.615. The lowest BCUT2D eigenvalue weighted by Gasteiger charge is -2.23. The summed E-state index contributed by atoms with van der Waals surface area (Å²) in [6, 6.07) is 5.70. The molecule has 3 N–H and O–H groups in total. The predicted octanol–water partition coefficient (Wildman–Crippen LogP) is -0.337. The van der Waals surface area contributed by atoms with Gasteiger partial charge in [-0.05, 0) is 25.5 Å². The first-order valence-electron chi connectivity index (χ1n) is 8.14. The molecule has 0 radical (unpaired) electrons. The molecule has 0 aliphatic carbocycles. The molecule has 23 heavy (non-hydrogen) atoms. The molecule has 1 aliphatic rings. The van der Waals surface area contributed by atoms with Crippen molar-refractivity contribution in [1.82, 2.24) is 5.32 Å². The number of hydrogen-bond acceptors (Lipinski definition) is 3. The van der Waals surface area contributed by atoms with E-state index in [1.807, 2.05) is 32.0 Å². The molecule has 1 aliphatic heterocycles. The van der Waals surface area contributed by atoms with Crippen molar-refractivity contribution < 1.29 is 19.2 Å². The van der Waals surface area contributed by atoms with Gasteiger partial charge in [0.15, 0.2) is 0 Å². The third-order valence-corrected chi connectivity index (χ3v) is 4.03. The summed E-state index contributed by atoms with van der Waals surface area (Å²) in [7, 11) is 0. The Morgan fingerprint density at radius 1 is 1.17 bits per heavy atom. The van der Waals surface area contributed by atoms with Gasteiger partial charge in [-0.25, -0.2) is 0 Å². The van der Waals surface area contributed by atoms with Crippen molar-refractivity contribution in [1.29, 1.82) is 0 Å². The van der Waals surface area contributed by atoms with Crippen LogP contribution in [0.5, 0.6) is 0 Å². The van der Waals surface area contributed by atoms with E-state index in [1.165, 1.54) is 4.90 Å². The Kier molecular flexibility index (Phi) is 6.55. The van der Waals surface area contributed by atoms with E-state index in [9.17, 15) is 9.59 Å². The second kappa shape index (κ2) is 8.64. The minimum absolute atomic E-state index is 0.517. The van der Waals surface area contributed by atoms with Crippen molar-refractivity contribution in [2.75, 3.05) is 44.7 Å². The number of benzene rings is 1. The monoisotopic (exact) mass is 320 g/mol. The van der Waals surface area contributed by atoms with Crippen LogP contribution in [-0.4, -0.2) is 51.2 Å². The number of hydrogen-bond donors (Lipinski definition) is 3. The average molecular weight is 320 g/mol. The van der Waals surface area contributed by atoms with Crippen LogP contribution in [0.2, 0.25) is 0 Å². The predicted molar refractivity (Wildman–Crippen MR) is 88.6 cm³/mol. The first-order valence-corrected chi connectivity index (χ1v) is 8.14. The zero-order valence-corrected chi connectivity index (χ0v) is 13.9. The minimum Gasteiger partial charge on any atom is -0.370 e. The van der Waals surface area contributed by atoms with Gasteiger partial charge in [-0.3, -0.25) is 9.59 Å². The van der Waals surface area contributed by atoms with Gasteiger partial charge in [0.1, 0.15) is 13.1 Å². The van der Waals surface area contributed by atoms with Crippen molar-refractivity contribution in [3.05, 3.63) is 29.3 Å². The van der Waals surface area contributed by atoms with Crippen LogP contribution in [0.4, 0.5) is 5.69 Å². The van der Waals surface area contributed by atoms with Gasteiger partial charge >= 0.3 is 11.8 Å². The molecule has 0 aromatic heterocycles. The molecule has 6 heteroatoms. The van der Waals surface area contributed by atoms with Crippen LogP contribution in [0.25, 0.3) is 0 Å². The van der Waals surface area contributed by atoms with Gasteiger partial charge < -0.3 is 20.3 Å². The fraction of sp³-hybridized carbons (Fsp3) is 0.529. The van der Waals surface area contributed by atoms with Crippen LogP contribution in [-0.2, 0) is 14.3 Å². The van der Waals surface area contributed by atoms with E-state index in [0.29, 0.717) is 12.2 Å². The number of carbonyl (C=O) groups excluding carboxylic acids is 2. The van der Waals surface area contributed by atoms with Gasteiger partial charge in [0.05, 0.1) is 19.8 Å². The van der Waals surface area contributed by atoms with Crippen LogP contribution in [0.1, 0.15) is 17.5 Å². The maximum Gasteiger partial charge on any atom is 0.313 e. The highest BCUT2D eigenvalue weighted by Crippen LogP contribution is 2.15. The molecule has 0 saturated carbocycles. The molecular weight excluding hydrogens is 294 g/mol. The van der Waals surface area contributed by atoms with Gasteiger partial charge in [-0.15, -0.1) is 0 Å². The number of quaternary nitrogens is 1. The summed E-state index contributed by atoms with van der Waals surface area (Å²) >= 11 is 0. The van der Waals surface area contributed by atoms with Crippen LogP contribution < -0.4 is 15.5 Å². The van der Waals surface area contributed by atoms with Crippen molar-refractivity contribution >= 4 is 17.5 Å². The number of anilines is 1. The molecule has 126 valence electrons. The zero-order valence-electron chi connectivity index (χ0n) is 13.9. The Hall–Kier alpha value is -1.92. The first kappa shape index (κ1) is 17.4. The summed E-state index contributed by atoms with van der Waals surface area (Å²) in [5.74, 6) is -1.20. The lowest BCUT2D eigenvalue weighted by atomic mass is 10.1. The van der Waals surface area contributed by atoms with Crippen LogP contribution in [0.3, 0.4) is 0 Å². The standard InChI is InChI=1S/C17H25N3O3/c1-13-4-5-15(14(2)12-13)19-17(22)16(21)18-6-3-7-20-8-10-23-11-9-20/h4-5,12H,3,6-11H2,1-2H3,(H,18,21)(H,19,22)/p+1. The van der Waals surface area contributed by atoms with Crippen molar-refractivity contribution in [2.24, 2.45) is 0 Å². The normalized spacial score (nSPS) is 15.2. The van der Waals surface area contributed by atoms with Gasteiger partial charge in [0.2, 0.25) is 0 Å². The van der Waals surface area contributed by atoms with E-state index in [0.717, 1.165) is 50.4 Å².